The van der Waals surface area contributed by atoms with Crippen molar-refractivity contribution >= 4 is 35.0 Å². The number of pyridine rings is 1. The van der Waals surface area contributed by atoms with Gasteiger partial charge in [-0.3, -0.25) is 0 Å². The van der Waals surface area contributed by atoms with Crippen LogP contribution in [0, 0.1) is 0 Å². The van der Waals surface area contributed by atoms with E-state index in [1.807, 2.05) is 45.0 Å². The highest BCUT2D eigenvalue weighted by atomic mass is 35.5. The molecule has 1 aliphatic rings. The maximum atomic E-state index is 12.3. The largest absolute Gasteiger partial charge is 0.444 e. The molecule has 1 amide bonds. The summed E-state index contributed by atoms with van der Waals surface area (Å²) < 4.78 is 5.49. The summed E-state index contributed by atoms with van der Waals surface area (Å²) in [6.45, 7) is 8.35. The molecule has 3 heterocycles. The fourth-order valence-corrected chi connectivity index (χ4v) is 3.60. The number of halogens is 1. The van der Waals surface area contributed by atoms with Crippen LogP contribution in [0.15, 0.2) is 54.9 Å². The van der Waals surface area contributed by atoms with Crippen LogP contribution in [-0.4, -0.2) is 57.7 Å². The molecule has 1 aliphatic heterocycles. The number of aromatic nitrogens is 3. The zero-order valence-electron chi connectivity index (χ0n) is 19.0. The minimum absolute atomic E-state index is 0.259. The first-order valence-corrected chi connectivity index (χ1v) is 11.2. The Hall–Kier alpha value is -3.39. The van der Waals surface area contributed by atoms with E-state index in [-0.39, 0.29) is 6.09 Å². The molecule has 4 rings (SSSR count). The summed E-state index contributed by atoms with van der Waals surface area (Å²) in [5.74, 6) is 0.495. The third-order valence-electron chi connectivity index (χ3n) is 5.08. The number of carbonyl (C=O) groups excluding carboxylic acids is 1. The van der Waals surface area contributed by atoms with E-state index in [2.05, 4.69) is 37.3 Å². The predicted octanol–water partition coefficient (Wildman–Crippen LogP) is 4.99. The van der Waals surface area contributed by atoms with Gasteiger partial charge in [-0.1, -0.05) is 17.7 Å². The average Bonchev–Trinajstić information content (AvgIpc) is 2.79. The van der Waals surface area contributed by atoms with Gasteiger partial charge in [-0.15, -0.1) is 0 Å². The number of nitrogens with one attached hydrogen (secondary N) is 1. The van der Waals surface area contributed by atoms with Gasteiger partial charge in [0.25, 0.3) is 0 Å². The SMILES string of the molecule is CC(C)(C)OC(=O)N1CCN(c2cccc(Nc3nccc(-c4ccc(Cl)nc4)n3)c2)CC1. The Morgan fingerprint density at radius 3 is 2.55 bits per heavy atom. The lowest BCUT2D eigenvalue weighted by molar-refractivity contribution is 0.0240. The molecule has 0 bridgehead atoms. The van der Waals surface area contributed by atoms with E-state index in [0.717, 1.165) is 35.7 Å². The minimum Gasteiger partial charge on any atom is -0.444 e. The Bertz CT molecular complexity index is 1110. The second-order valence-corrected chi connectivity index (χ2v) is 9.15. The summed E-state index contributed by atoms with van der Waals surface area (Å²) in [6, 6.07) is 13.5. The number of nitrogens with zero attached hydrogens (tertiary/aromatic N) is 5. The molecule has 0 spiro atoms. The normalized spacial score (nSPS) is 14.2. The number of piperazine rings is 1. The van der Waals surface area contributed by atoms with Gasteiger partial charge in [-0.25, -0.2) is 19.7 Å². The molecule has 0 saturated carbocycles. The monoisotopic (exact) mass is 466 g/mol. The Morgan fingerprint density at radius 2 is 1.85 bits per heavy atom. The molecule has 1 saturated heterocycles. The highest BCUT2D eigenvalue weighted by Crippen LogP contribution is 2.24. The number of hydrogen-bond donors (Lipinski definition) is 1. The molecule has 33 heavy (non-hydrogen) atoms. The van der Waals surface area contributed by atoms with Gasteiger partial charge >= 0.3 is 6.09 Å². The van der Waals surface area contributed by atoms with Gasteiger partial charge in [-0.05, 0) is 57.2 Å². The van der Waals surface area contributed by atoms with Crippen molar-refractivity contribution in [2.75, 3.05) is 36.4 Å². The number of anilines is 3. The van der Waals surface area contributed by atoms with Gasteiger partial charge in [0.2, 0.25) is 5.95 Å². The van der Waals surface area contributed by atoms with E-state index < -0.39 is 5.60 Å². The van der Waals surface area contributed by atoms with E-state index in [1.54, 1.807) is 23.4 Å². The van der Waals surface area contributed by atoms with Gasteiger partial charge in [0.05, 0.1) is 5.69 Å². The van der Waals surface area contributed by atoms with Crippen LogP contribution in [0.3, 0.4) is 0 Å². The highest BCUT2D eigenvalue weighted by Gasteiger charge is 2.26. The van der Waals surface area contributed by atoms with E-state index in [0.29, 0.717) is 24.2 Å². The number of carbonyl (C=O) groups is 1. The molecule has 3 aromatic rings. The first-order valence-electron chi connectivity index (χ1n) is 10.8. The van der Waals surface area contributed by atoms with Crippen molar-refractivity contribution in [2.24, 2.45) is 0 Å². The second-order valence-electron chi connectivity index (χ2n) is 8.76. The van der Waals surface area contributed by atoms with Gasteiger partial charge in [0.15, 0.2) is 0 Å². The molecular formula is C24H27ClN6O2. The molecule has 0 atom stereocenters. The smallest absolute Gasteiger partial charge is 0.410 e. The Balaban J connectivity index is 1.40. The lowest BCUT2D eigenvalue weighted by atomic mass is 10.2. The number of hydrogen-bond acceptors (Lipinski definition) is 7. The van der Waals surface area contributed by atoms with E-state index >= 15 is 0 Å². The lowest BCUT2D eigenvalue weighted by Crippen LogP contribution is -2.50. The first kappa shape index (κ1) is 22.8. The zero-order chi connectivity index (χ0) is 23.4. The van der Waals surface area contributed by atoms with Crippen LogP contribution in [0.1, 0.15) is 20.8 Å². The summed E-state index contributed by atoms with van der Waals surface area (Å²) >= 11 is 5.88. The van der Waals surface area contributed by atoms with Crippen LogP contribution >= 0.6 is 11.6 Å². The highest BCUT2D eigenvalue weighted by molar-refractivity contribution is 6.29. The topological polar surface area (TPSA) is 83.5 Å². The first-order chi connectivity index (χ1) is 15.8. The summed E-state index contributed by atoms with van der Waals surface area (Å²) in [6.07, 6.45) is 3.14. The second kappa shape index (κ2) is 9.62. The van der Waals surface area contributed by atoms with E-state index in [4.69, 9.17) is 16.3 Å². The predicted molar refractivity (Wildman–Crippen MR) is 130 cm³/mol. The molecule has 0 aliphatic carbocycles. The fraction of sp³-hybridized carbons (Fsp3) is 0.333. The lowest BCUT2D eigenvalue weighted by Gasteiger charge is -2.36. The summed E-state index contributed by atoms with van der Waals surface area (Å²) in [7, 11) is 0. The molecule has 1 N–H and O–H groups in total. The molecule has 2 aromatic heterocycles. The molecule has 0 radical (unpaired) electrons. The van der Waals surface area contributed by atoms with Crippen LogP contribution in [0.5, 0.6) is 0 Å². The number of rotatable bonds is 4. The Morgan fingerprint density at radius 1 is 1.06 bits per heavy atom. The maximum Gasteiger partial charge on any atom is 0.410 e. The molecule has 9 heteroatoms. The van der Waals surface area contributed by atoms with Crippen LogP contribution in [0.25, 0.3) is 11.3 Å². The van der Waals surface area contributed by atoms with Crippen molar-refractivity contribution in [3.05, 3.63) is 60.0 Å². The number of amides is 1. The van der Waals surface area contributed by atoms with Crippen LogP contribution in [0.2, 0.25) is 5.15 Å². The van der Waals surface area contributed by atoms with Crippen molar-refractivity contribution in [1.29, 1.82) is 0 Å². The van der Waals surface area contributed by atoms with Crippen LogP contribution in [0.4, 0.5) is 22.1 Å². The van der Waals surface area contributed by atoms with E-state index in [1.165, 1.54) is 0 Å². The van der Waals surface area contributed by atoms with Gasteiger partial charge in [0, 0.05) is 55.5 Å². The van der Waals surface area contributed by atoms with Crippen molar-refractivity contribution in [3.63, 3.8) is 0 Å². The van der Waals surface area contributed by atoms with Crippen molar-refractivity contribution in [1.82, 2.24) is 19.9 Å². The molecule has 0 unspecified atom stereocenters. The number of ether oxygens (including phenoxy) is 1. The zero-order valence-corrected chi connectivity index (χ0v) is 19.7. The molecule has 172 valence electrons. The minimum atomic E-state index is -0.488. The van der Waals surface area contributed by atoms with Gasteiger partial charge in [0.1, 0.15) is 10.8 Å². The summed E-state index contributed by atoms with van der Waals surface area (Å²) in [5.41, 5.74) is 3.08. The summed E-state index contributed by atoms with van der Waals surface area (Å²) in [5, 5.41) is 3.72. The van der Waals surface area contributed by atoms with E-state index in [9.17, 15) is 4.79 Å². The van der Waals surface area contributed by atoms with Crippen LogP contribution in [-0.2, 0) is 4.74 Å². The van der Waals surface area contributed by atoms with Crippen LogP contribution < -0.4 is 10.2 Å². The third kappa shape index (κ3) is 6.10. The standard InChI is InChI=1S/C24H27ClN6O2/c1-24(2,3)33-23(32)31-13-11-30(12-14-31)19-6-4-5-18(15-19)28-22-26-10-9-20(29-22)17-7-8-21(25)27-16-17/h4-10,15-16H,11-14H2,1-3H3,(H,26,28,29). The van der Waals surface area contributed by atoms with Crippen molar-refractivity contribution in [2.45, 2.75) is 26.4 Å². The third-order valence-corrected chi connectivity index (χ3v) is 5.30. The molecule has 8 nitrogen and oxygen atoms in total. The van der Waals surface area contributed by atoms with Gasteiger partial charge < -0.3 is 19.9 Å². The quantitative estimate of drug-likeness (QED) is 0.542. The Kier molecular flexibility index (Phi) is 6.65. The van der Waals surface area contributed by atoms with Crippen molar-refractivity contribution in [3.8, 4) is 11.3 Å². The fourth-order valence-electron chi connectivity index (χ4n) is 3.49. The Labute approximate surface area is 198 Å². The maximum absolute atomic E-state index is 12.3. The molecule has 1 fully saturated rings. The van der Waals surface area contributed by atoms with Crippen molar-refractivity contribution < 1.29 is 9.53 Å². The van der Waals surface area contributed by atoms with Gasteiger partial charge in [-0.2, -0.15) is 0 Å². The molecule has 1 aromatic carbocycles. The summed E-state index contributed by atoms with van der Waals surface area (Å²) in [4.78, 5) is 29.4. The average molecular weight is 467 g/mol. The number of benzene rings is 1. The molecular weight excluding hydrogens is 440 g/mol.